The van der Waals surface area contributed by atoms with Crippen LogP contribution in [0.25, 0.3) is 0 Å². The fourth-order valence-corrected chi connectivity index (χ4v) is 2.12. The number of ether oxygens (including phenoxy) is 1. The number of amides is 1. The lowest BCUT2D eigenvalue weighted by atomic mass is 10.2. The van der Waals surface area contributed by atoms with Gasteiger partial charge in [-0.2, -0.15) is 0 Å². The van der Waals surface area contributed by atoms with E-state index in [9.17, 15) is 14.0 Å². The first-order valence-corrected chi connectivity index (χ1v) is 6.76. The van der Waals surface area contributed by atoms with E-state index in [4.69, 9.17) is 16.3 Å². The van der Waals surface area contributed by atoms with Gasteiger partial charge in [-0.05, 0) is 43.9 Å². The van der Waals surface area contributed by atoms with Crippen molar-refractivity contribution in [3.63, 3.8) is 0 Å². The number of rotatable bonds is 5. The van der Waals surface area contributed by atoms with Crippen molar-refractivity contribution in [2.24, 2.45) is 5.92 Å². The molecule has 0 spiro atoms. The SMILES string of the molecule is C[C@@H](NC(=O)COC(=O)c1ccc(F)cc1Cl)C1CC1. The Labute approximate surface area is 121 Å². The summed E-state index contributed by atoms with van der Waals surface area (Å²) in [5.74, 6) is -1.11. The van der Waals surface area contributed by atoms with Crippen molar-refractivity contribution in [1.82, 2.24) is 5.32 Å². The minimum Gasteiger partial charge on any atom is -0.452 e. The highest BCUT2D eigenvalue weighted by Gasteiger charge is 2.29. The Balaban J connectivity index is 1.83. The molecule has 2 rings (SSSR count). The molecule has 0 bridgehead atoms. The molecule has 1 aliphatic carbocycles. The van der Waals surface area contributed by atoms with Crippen molar-refractivity contribution in [3.8, 4) is 0 Å². The molecule has 1 N–H and O–H groups in total. The van der Waals surface area contributed by atoms with Crippen molar-refractivity contribution in [2.45, 2.75) is 25.8 Å². The Morgan fingerprint density at radius 1 is 1.50 bits per heavy atom. The zero-order valence-corrected chi connectivity index (χ0v) is 11.7. The van der Waals surface area contributed by atoms with Crippen molar-refractivity contribution >= 4 is 23.5 Å². The van der Waals surface area contributed by atoms with Crippen molar-refractivity contribution < 1.29 is 18.7 Å². The second kappa shape index (κ2) is 6.22. The van der Waals surface area contributed by atoms with Crippen LogP contribution in [0.3, 0.4) is 0 Å². The largest absolute Gasteiger partial charge is 0.452 e. The molecule has 1 amide bonds. The van der Waals surface area contributed by atoms with Gasteiger partial charge in [0, 0.05) is 6.04 Å². The van der Waals surface area contributed by atoms with Crippen LogP contribution in [0.5, 0.6) is 0 Å². The quantitative estimate of drug-likeness (QED) is 0.850. The lowest BCUT2D eigenvalue weighted by Gasteiger charge is -2.12. The molecule has 0 saturated heterocycles. The van der Waals surface area contributed by atoms with Gasteiger partial charge in [0.1, 0.15) is 5.82 Å². The van der Waals surface area contributed by atoms with E-state index in [-0.39, 0.29) is 29.1 Å². The Morgan fingerprint density at radius 2 is 2.20 bits per heavy atom. The molecule has 0 aromatic heterocycles. The number of benzene rings is 1. The van der Waals surface area contributed by atoms with Crippen LogP contribution in [-0.2, 0) is 9.53 Å². The van der Waals surface area contributed by atoms with E-state index in [1.165, 1.54) is 6.07 Å². The third-order valence-corrected chi connectivity index (χ3v) is 3.52. The molecular weight excluding hydrogens is 285 g/mol. The number of carbonyl (C=O) groups excluding carboxylic acids is 2. The lowest BCUT2D eigenvalue weighted by Crippen LogP contribution is -2.37. The summed E-state index contributed by atoms with van der Waals surface area (Å²) in [7, 11) is 0. The number of carbonyl (C=O) groups is 2. The molecule has 1 aliphatic rings. The fourth-order valence-electron chi connectivity index (χ4n) is 1.87. The predicted octanol–water partition coefficient (Wildman–Crippen LogP) is 2.55. The lowest BCUT2D eigenvalue weighted by molar-refractivity contribution is -0.124. The van der Waals surface area contributed by atoms with Gasteiger partial charge in [-0.1, -0.05) is 11.6 Å². The summed E-state index contributed by atoms with van der Waals surface area (Å²) < 4.78 is 17.7. The van der Waals surface area contributed by atoms with E-state index in [1.807, 2.05) is 6.92 Å². The van der Waals surface area contributed by atoms with Gasteiger partial charge in [-0.25, -0.2) is 9.18 Å². The van der Waals surface area contributed by atoms with Crippen LogP contribution in [0.4, 0.5) is 4.39 Å². The molecule has 6 heteroatoms. The highest BCUT2D eigenvalue weighted by Crippen LogP contribution is 2.32. The Morgan fingerprint density at radius 3 is 2.80 bits per heavy atom. The maximum absolute atomic E-state index is 12.8. The Bertz CT molecular complexity index is 531. The standard InChI is InChI=1S/C14H15ClFNO3/c1-8(9-2-3-9)17-13(18)7-20-14(19)11-5-4-10(16)6-12(11)15/h4-6,8-9H,2-3,7H2,1H3,(H,17,18)/t8-/m1/s1. The van der Waals surface area contributed by atoms with E-state index < -0.39 is 11.8 Å². The zero-order chi connectivity index (χ0) is 14.7. The molecule has 1 fully saturated rings. The van der Waals surface area contributed by atoms with E-state index in [1.54, 1.807) is 0 Å². The first-order chi connectivity index (χ1) is 9.47. The Hall–Kier alpha value is -1.62. The van der Waals surface area contributed by atoms with Gasteiger partial charge in [0.05, 0.1) is 10.6 Å². The van der Waals surface area contributed by atoms with Gasteiger partial charge in [-0.3, -0.25) is 4.79 Å². The van der Waals surface area contributed by atoms with E-state index in [0.29, 0.717) is 5.92 Å². The smallest absolute Gasteiger partial charge is 0.340 e. The molecule has 1 aromatic rings. The number of esters is 1. The van der Waals surface area contributed by atoms with Gasteiger partial charge in [0.25, 0.3) is 5.91 Å². The van der Waals surface area contributed by atoms with Crippen LogP contribution in [0.15, 0.2) is 18.2 Å². The molecular formula is C14H15ClFNO3. The fraction of sp³-hybridized carbons (Fsp3) is 0.429. The number of hydrogen-bond acceptors (Lipinski definition) is 3. The van der Waals surface area contributed by atoms with Crippen molar-refractivity contribution in [3.05, 3.63) is 34.6 Å². The molecule has 4 nitrogen and oxygen atoms in total. The summed E-state index contributed by atoms with van der Waals surface area (Å²) in [5.41, 5.74) is 0.0381. The van der Waals surface area contributed by atoms with Gasteiger partial charge in [-0.15, -0.1) is 0 Å². The summed E-state index contributed by atoms with van der Waals surface area (Å²) in [5, 5.41) is 2.72. The topological polar surface area (TPSA) is 55.4 Å². The van der Waals surface area contributed by atoms with Crippen LogP contribution in [-0.4, -0.2) is 24.5 Å². The molecule has 20 heavy (non-hydrogen) atoms. The summed E-state index contributed by atoms with van der Waals surface area (Å²) in [6.07, 6.45) is 2.23. The highest BCUT2D eigenvalue weighted by molar-refractivity contribution is 6.33. The van der Waals surface area contributed by atoms with Crippen LogP contribution in [0, 0.1) is 11.7 Å². The van der Waals surface area contributed by atoms with E-state index >= 15 is 0 Å². The van der Waals surface area contributed by atoms with Gasteiger partial charge in [0.2, 0.25) is 0 Å². The zero-order valence-electron chi connectivity index (χ0n) is 11.0. The van der Waals surface area contributed by atoms with Gasteiger partial charge >= 0.3 is 5.97 Å². The maximum Gasteiger partial charge on any atom is 0.340 e. The first-order valence-electron chi connectivity index (χ1n) is 6.39. The molecule has 0 unspecified atom stereocenters. The average molecular weight is 300 g/mol. The van der Waals surface area contributed by atoms with Crippen molar-refractivity contribution in [1.29, 1.82) is 0 Å². The van der Waals surface area contributed by atoms with Crippen LogP contribution in [0.1, 0.15) is 30.1 Å². The number of nitrogens with one attached hydrogen (secondary N) is 1. The minimum absolute atomic E-state index is 0.0381. The van der Waals surface area contributed by atoms with Gasteiger partial charge < -0.3 is 10.1 Å². The number of halogens is 2. The third kappa shape index (κ3) is 3.93. The van der Waals surface area contributed by atoms with Crippen LogP contribution in [0.2, 0.25) is 5.02 Å². The van der Waals surface area contributed by atoms with Gasteiger partial charge in [0.15, 0.2) is 6.61 Å². The third-order valence-electron chi connectivity index (χ3n) is 3.20. The summed E-state index contributed by atoms with van der Waals surface area (Å²) in [6.45, 7) is 1.55. The average Bonchev–Trinajstić information content (AvgIpc) is 3.20. The van der Waals surface area contributed by atoms with Crippen molar-refractivity contribution in [2.75, 3.05) is 6.61 Å². The molecule has 0 aliphatic heterocycles. The van der Waals surface area contributed by atoms with E-state index in [0.717, 1.165) is 25.0 Å². The second-order valence-corrected chi connectivity index (χ2v) is 5.30. The molecule has 1 saturated carbocycles. The van der Waals surface area contributed by atoms with E-state index in [2.05, 4.69) is 5.32 Å². The first kappa shape index (κ1) is 14.8. The molecule has 1 atom stereocenters. The van der Waals surface area contributed by atoms with Crippen LogP contribution < -0.4 is 5.32 Å². The normalized spacial score (nSPS) is 15.6. The second-order valence-electron chi connectivity index (χ2n) is 4.89. The number of hydrogen-bond donors (Lipinski definition) is 1. The molecule has 108 valence electrons. The maximum atomic E-state index is 12.8. The molecule has 0 radical (unpaired) electrons. The molecule has 0 heterocycles. The predicted molar refractivity (Wildman–Crippen MR) is 72.0 cm³/mol. The summed E-state index contributed by atoms with van der Waals surface area (Å²) in [4.78, 5) is 23.3. The highest BCUT2D eigenvalue weighted by atomic mass is 35.5. The summed E-state index contributed by atoms with van der Waals surface area (Å²) in [6, 6.07) is 3.45. The summed E-state index contributed by atoms with van der Waals surface area (Å²) >= 11 is 5.73. The Kier molecular flexibility index (Phi) is 4.60. The van der Waals surface area contributed by atoms with Crippen LogP contribution >= 0.6 is 11.6 Å². The molecule has 1 aromatic carbocycles. The monoisotopic (exact) mass is 299 g/mol. The minimum atomic E-state index is -0.746.